The standard InChI is InChI=1S/C17H21N3O2/c1-19-7-9-21-15(11-19)12-20-6-5-18-17(20)14-2-3-16-13(10-14)4-8-22-16/h2-3,5-6,10,15H,4,7-9,11-12H2,1H3. The Bertz CT molecular complexity index is 668. The molecule has 4 rings (SSSR count). The molecule has 2 aliphatic rings. The summed E-state index contributed by atoms with van der Waals surface area (Å²) in [5.74, 6) is 2.02. The van der Waals surface area contributed by atoms with Crippen LogP contribution in [0.15, 0.2) is 30.6 Å². The molecule has 22 heavy (non-hydrogen) atoms. The van der Waals surface area contributed by atoms with Crippen LogP contribution >= 0.6 is 0 Å². The quantitative estimate of drug-likeness (QED) is 0.866. The molecule has 1 aromatic carbocycles. The fourth-order valence-corrected chi connectivity index (χ4v) is 3.24. The van der Waals surface area contributed by atoms with Crippen LogP contribution in [0.1, 0.15) is 5.56 Å². The Morgan fingerprint density at radius 3 is 3.18 bits per heavy atom. The lowest BCUT2D eigenvalue weighted by molar-refractivity contribution is -0.0272. The summed E-state index contributed by atoms with van der Waals surface area (Å²) < 4.78 is 13.7. The smallest absolute Gasteiger partial charge is 0.139 e. The molecule has 5 nitrogen and oxygen atoms in total. The first kappa shape index (κ1) is 13.8. The van der Waals surface area contributed by atoms with Gasteiger partial charge in [0.15, 0.2) is 0 Å². The highest BCUT2D eigenvalue weighted by atomic mass is 16.5. The topological polar surface area (TPSA) is 39.5 Å². The van der Waals surface area contributed by atoms with Crippen LogP contribution in [0.2, 0.25) is 0 Å². The van der Waals surface area contributed by atoms with E-state index in [0.717, 1.165) is 56.4 Å². The number of benzene rings is 1. The molecule has 0 aliphatic carbocycles. The summed E-state index contributed by atoms with van der Waals surface area (Å²) in [5.41, 5.74) is 2.43. The summed E-state index contributed by atoms with van der Waals surface area (Å²) in [4.78, 5) is 6.87. The van der Waals surface area contributed by atoms with E-state index in [-0.39, 0.29) is 6.10 Å². The number of ether oxygens (including phenoxy) is 2. The van der Waals surface area contributed by atoms with Gasteiger partial charge in [0.05, 0.1) is 25.9 Å². The zero-order valence-corrected chi connectivity index (χ0v) is 12.9. The van der Waals surface area contributed by atoms with E-state index in [4.69, 9.17) is 9.47 Å². The summed E-state index contributed by atoms with van der Waals surface area (Å²) in [6.45, 7) is 4.41. The molecule has 2 aliphatic heterocycles. The Morgan fingerprint density at radius 1 is 1.32 bits per heavy atom. The summed E-state index contributed by atoms with van der Waals surface area (Å²) in [7, 11) is 2.14. The summed E-state index contributed by atoms with van der Waals surface area (Å²) in [6.07, 6.45) is 5.12. The Hall–Kier alpha value is -1.85. The molecule has 1 atom stereocenters. The van der Waals surface area contributed by atoms with Gasteiger partial charge in [0.25, 0.3) is 0 Å². The maximum absolute atomic E-state index is 5.88. The van der Waals surface area contributed by atoms with Gasteiger partial charge >= 0.3 is 0 Å². The predicted molar refractivity (Wildman–Crippen MR) is 84.1 cm³/mol. The Balaban J connectivity index is 1.57. The van der Waals surface area contributed by atoms with Crippen LogP contribution < -0.4 is 4.74 Å². The number of rotatable bonds is 3. The lowest BCUT2D eigenvalue weighted by atomic mass is 10.1. The molecule has 0 saturated carbocycles. The van der Waals surface area contributed by atoms with Crippen LogP contribution in [0.25, 0.3) is 11.4 Å². The molecule has 0 radical (unpaired) electrons. The molecule has 1 fully saturated rings. The molecule has 0 amide bonds. The first-order chi connectivity index (χ1) is 10.8. The summed E-state index contributed by atoms with van der Waals surface area (Å²) >= 11 is 0. The lowest BCUT2D eigenvalue weighted by Gasteiger charge is -2.30. The maximum Gasteiger partial charge on any atom is 0.139 e. The zero-order valence-electron chi connectivity index (χ0n) is 12.9. The van der Waals surface area contributed by atoms with E-state index in [9.17, 15) is 0 Å². The predicted octanol–water partition coefficient (Wildman–Crippen LogP) is 1.82. The third-order valence-electron chi connectivity index (χ3n) is 4.41. The summed E-state index contributed by atoms with van der Waals surface area (Å²) in [5, 5.41) is 0. The number of nitrogens with zero attached hydrogens (tertiary/aromatic N) is 3. The number of fused-ring (bicyclic) bond motifs is 1. The Morgan fingerprint density at radius 2 is 2.27 bits per heavy atom. The minimum atomic E-state index is 0.226. The molecule has 0 N–H and O–H groups in total. The third kappa shape index (κ3) is 2.62. The van der Waals surface area contributed by atoms with Crippen molar-refractivity contribution >= 4 is 0 Å². The highest BCUT2D eigenvalue weighted by molar-refractivity contribution is 5.60. The van der Waals surface area contributed by atoms with Crippen molar-refractivity contribution < 1.29 is 9.47 Å². The minimum absolute atomic E-state index is 0.226. The Labute approximate surface area is 130 Å². The van der Waals surface area contributed by atoms with Gasteiger partial charge in [-0.25, -0.2) is 4.98 Å². The minimum Gasteiger partial charge on any atom is -0.493 e. The molecule has 3 heterocycles. The third-order valence-corrected chi connectivity index (χ3v) is 4.41. The van der Waals surface area contributed by atoms with E-state index in [0.29, 0.717) is 0 Å². The van der Waals surface area contributed by atoms with Crippen LogP contribution in [0, 0.1) is 0 Å². The number of likely N-dealkylation sites (N-methyl/N-ethyl adjacent to an activating group) is 1. The number of aromatic nitrogens is 2. The van der Waals surface area contributed by atoms with Crippen molar-refractivity contribution in [2.75, 3.05) is 33.4 Å². The van der Waals surface area contributed by atoms with E-state index >= 15 is 0 Å². The normalized spacial score (nSPS) is 21.6. The van der Waals surface area contributed by atoms with E-state index < -0.39 is 0 Å². The second kappa shape index (κ2) is 5.74. The van der Waals surface area contributed by atoms with Gasteiger partial charge in [-0.15, -0.1) is 0 Å². The van der Waals surface area contributed by atoms with Crippen LogP contribution in [0.3, 0.4) is 0 Å². The second-order valence-electron chi connectivity index (χ2n) is 6.08. The fourth-order valence-electron chi connectivity index (χ4n) is 3.24. The average Bonchev–Trinajstić information content (AvgIpc) is 3.15. The molecule has 5 heteroatoms. The first-order valence-corrected chi connectivity index (χ1v) is 7.87. The monoisotopic (exact) mass is 299 g/mol. The molecule has 1 unspecified atom stereocenters. The Kier molecular flexibility index (Phi) is 3.60. The lowest BCUT2D eigenvalue weighted by Crippen LogP contribution is -2.41. The molecule has 2 aromatic rings. The highest BCUT2D eigenvalue weighted by Crippen LogP contribution is 2.30. The van der Waals surface area contributed by atoms with Crippen molar-refractivity contribution in [3.8, 4) is 17.1 Å². The molecule has 1 saturated heterocycles. The molecular formula is C17H21N3O2. The average molecular weight is 299 g/mol. The second-order valence-corrected chi connectivity index (χ2v) is 6.08. The summed E-state index contributed by atoms with van der Waals surface area (Å²) in [6, 6.07) is 6.35. The van der Waals surface area contributed by atoms with Gasteiger partial charge in [-0.2, -0.15) is 0 Å². The van der Waals surface area contributed by atoms with Gasteiger partial charge in [-0.05, 0) is 30.8 Å². The first-order valence-electron chi connectivity index (χ1n) is 7.87. The van der Waals surface area contributed by atoms with Crippen molar-refractivity contribution in [2.24, 2.45) is 0 Å². The van der Waals surface area contributed by atoms with E-state index in [1.165, 1.54) is 5.56 Å². The van der Waals surface area contributed by atoms with E-state index in [1.807, 2.05) is 12.4 Å². The van der Waals surface area contributed by atoms with Gasteiger partial charge in [0, 0.05) is 37.5 Å². The van der Waals surface area contributed by atoms with Crippen LogP contribution in [0.5, 0.6) is 5.75 Å². The number of imidazole rings is 1. The molecule has 116 valence electrons. The van der Waals surface area contributed by atoms with Crippen molar-refractivity contribution in [1.29, 1.82) is 0 Å². The van der Waals surface area contributed by atoms with Crippen molar-refractivity contribution in [3.05, 3.63) is 36.2 Å². The maximum atomic E-state index is 5.88. The van der Waals surface area contributed by atoms with Crippen LogP contribution in [-0.2, 0) is 17.7 Å². The van der Waals surface area contributed by atoms with Gasteiger partial charge in [-0.3, -0.25) is 0 Å². The largest absolute Gasteiger partial charge is 0.493 e. The van der Waals surface area contributed by atoms with Crippen molar-refractivity contribution in [2.45, 2.75) is 19.1 Å². The van der Waals surface area contributed by atoms with Gasteiger partial charge in [-0.1, -0.05) is 0 Å². The highest BCUT2D eigenvalue weighted by Gasteiger charge is 2.20. The SMILES string of the molecule is CN1CCOC(Cn2ccnc2-c2ccc3c(c2)CCO3)C1. The molecule has 0 bridgehead atoms. The molecular weight excluding hydrogens is 278 g/mol. The number of morpholine rings is 1. The van der Waals surface area contributed by atoms with Gasteiger partial charge < -0.3 is 18.9 Å². The van der Waals surface area contributed by atoms with Crippen molar-refractivity contribution in [1.82, 2.24) is 14.5 Å². The van der Waals surface area contributed by atoms with Gasteiger partial charge in [0.2, 0.25) is 0 Å². The van der Waals surface area contributed by atoms with Crippen molar-refractivity contribution in [3.63, 3.8) is 0 Å². The molecule has 1 aromatic heterocycles. The van der Waals surface area contributed by atoms with E-state index in [2.05, 4.69) is 39.7 Å². The van der Waals surface area contributed by atoms with Gasteiger partial charge in [0.1, 0.15) is 11.6 Å². The zero-order chi connectivity index (χ0) is 14.9. The fraction of sp³-hybridized carbons (Fsp3) is 0.471. The van der Waals surface area contributed by atoms with E-state index in [1.54, 1.807) is 0 Å². The van der Waals surface area contributed by atoms with Crippen LogP contribution in [0.4, 0.5) is 0 Å². The number of hydrogen-bond acceptors (Lipinski definition) is 4. The van der Waals surface area contributed by atoms with Crippen LogP contribution in [-0.4, -0.2) is 53.9 Å². The number of hydrogen-bond donors (Lipinski definition) is 0. The molecule has 0 spiro atoms.